The van der Waals surface area contributed by atoms with E-state index in [2.05, 4.69) is 42.6 Å². The average Bonchev–Trinajstić information content (AvgIpc) is 3.08. The summed E-state index contributed by atoms with van der Waals surface area (Å²) in [7, 11) is 0. The third-order valence-electron chi connectivity index (χ3n) is 3.49. The van der Waals surface area contributed by atoms with Crippen molar-refractivity contribution in [1.29, 1.82) is 5.26 Å². The summed E-state index contributed by atoms with van der Waals surface area (Å²) < 4.78 is 0. The van der Waals surface area contributed by atoms with Crippen LogP contribution in [0.15, 0.2) is 30.3 Å². The minimum Gasteiger partial charge on any atom is -0.310 e. The van der Waals surface area contributed by atoms with Crippen LogP contribution in [-0.2, 0) is 0 Å². The molecule has 0 bridgehead atoms. The fraction of sp³-hybridized carbons (Fsp3) is 0.500. The van der Waals surface area contributed by atoms with Crippen LogP contribution in [0.25, 0.3) is 0 Å². The summed E-state index contributed by atoms with van der Waals surface area (Å²) in [5, 5.41) is 12.3. The number of rotatable bonds is 5. The van der Waals surface area contributed by atoms with E-state index in [9.17, 15) is 0 Å². The van der Waals surface area contributed by atoms with E-state index in [0.717, 1.165) is 6.54 Å². The van der Waals surface area contributed by atoms with E-state index in [4.69, 9.17) is 5.26 Å². The fourth-order valence-electron chi connectivity index (χ4n) is 1.99. The van der Waals surface area contributed by atoms with Crippen LogP contribution < -0.4 is 5.32 Å². The lowest BCUT2D eigenvalue weighted by Crippen LogP contribution is -2.26. The number of nitriles is 1. The van der Waals surface area contributed by atoms with Crippen LogP contribution in [0.5, 0.6) is 0 Å². The molecule has 0 aliphatic heterocycles. The van der Waals surface area contributed by atoms with E-state index in [0.29, 0.717) is 12.5 Å². The average molecular weight is 214 g/mol. The zero-order chi connectivity index (χ0) is 11.4. The second kappa shape index (κ2) is 4.67. The molecule has 1 aliphatic rings. The van der Waals surface area contributed by atoms with Crippen molar-refractivity contribution in [2.45, 2.75) is 32.2 Å². The highest BCUT2D eigenvalue weighted by Gasteiger charge is 2.42. The number of hydrogen-bond donors (Lipinski definition) is 1. The summed E-state index contributed by atoms with van der Waals surface area (Å²) in [5.41, 5.74) is 1.60. The van der Waals surface area contributed by atoms with Crippen LogP contribution in [0, 0.1) is 16.7 Å². The summed E-state index contributed by atoms with van der Waals surface area (Å²) in [6.07, 6.45) is 3.10. The maximum atomic E-state index is 8.75. The highest BCUT2D eigenvalue weighted by atomic mass is 14.9. The molecule has 1 atom stereocenters. The van der Waals surface area contributed by atoms with Gasteiger partial charge in [-0.15, -0.1) is 0 Å². The van der Waals surface area contributed by atoms with E-state index in [1.807, 2.05) is 6.07 Å². The molecule has 1 aromatic rings. The van der Waals surface area contributed by atoms with Crippen molar-refractivity contribution in [2.75, 3.05) is 6.54 Å². The highest BCUT2D eigenvalue weighted by Crippen LogP contribution is 2.48. The molecule has 2 rings (SSSR count). The van der Waals surface area contributed by atoms with Gasteiger partial charge >= 0.3 is 0 Å². The van der Waals surface area contributed by atoms with Gasteiger partial charge in [-0.25, -0.2) is 0 Å². The van der Waals surface area contributed by atoms with Crippen molar-refractivity contribution >= 4 is 0 Å². The highest BCUT2D eigenvalue weighted by molar-refractivity contribution is 5.18. The van der Waals surface area contributed by atoms with Crippen molar-refractivity contribution in [3.63, 3.8) is 0 Å². The van der Waals surface area contributed by atoms with E-state index in [1.54, 1.807) is 0 Å². The van der Waals surface area contributed by atoms with Crippen LogP contribution >= 0.6 is 0 Å². The molecule has 1 N–H and O–H groups in total. The van der Waals surface area contributed by atoms with Gasteiger partial charge in [0.25, 0.3) is 0 Å². The third kappa shape index (κ3) is 2.62. The molecule has 2 nitrogen and oxygen atoms in total. The summed E-state index contributed by atoms with van der Waals surface area (Å²) in [6, 6.07) is 13.1. The number of benzene rings is 1. The molecule has 1 saturated carbocycles. The molecule has 2 heteroatoms. The largest absolute Gasteiger partial charge is 0.310 e. The minimum atomic E-state index is 0.289. The summed E-state index contributed by atoms with van der Waals surface area (Å²) in [4.78, 5) is 0. The van der Waals surface area contributed by atoms with Gasteiger partial charge in [-0.3, -0.25) is 0 Å². The molecule has 84 valence electrons. The first-order chi connectivity index (χ1) is 7.76. The van der Waals surface area contributed by atoms with Gasteiger partial charge in [-0.1, -0.05) is 30.3 Å². The van der Waals surface area contributed by atoms with Crippen LogP contribution in [0.3, 0.4) is 0 Å². The Morgan fingerprint density at radius 2 is 2.06 bits per heavy atom. The monoisotopic (exact) mass is 214 g/mol. The maximum Gasteiger partial charge on any atom is 0.0628 e. The topological polar surface area (TPSA) is 35.8 Å². The molecule has 1 aromatic carbocycles. The van der Waals surface area contributed by atoms with Gasteiger partial charge in [-0.05, 0) is 30.7 Å². The van der Waals surface area contributed by atoms with Crippen molar-refractivity contribution < 1.29 is 0 Å². The second-order valence-corrected chi connectivity index (χ2v) is 4.85. The Labute approximate surface area is 97.3 Å². The van der Waals surface area contributed by atoms with Crippen LogP contribution in [0.4, 0.5) is 0 Å². The fourth-order valence-corrected chi connectivity index (χ4v) is 1.99. The zero-order valence-electron chi connectivity index (χ0n) is 9.74. The van der Waals surface area contributed by atoms with Crippen LogP contribution in [0.2, 0.25) is 0 Å². The van der Waals surface area contributed by atoms with Crippen molar-refractivity contribution in [3.05, 3.63) is 35.9 Å². The Morgan fingerprint density at radius 1 is 1.38 bits per heavy atom. The molecular weight excluding hydrogens is 196 g/mol. The molecule has 0 spiro atoms. The Kier molecular flexibility index (Phi) is 3.26. The van der Waals surface area contributed by atoms with Gasteiger partial charge < -0.3 is 5.32 Å². The first kappa shape index (κ1) is 11.2. The molecule has 0 unspecified atom stereocenters. The molecule has 16 heavy (non-hydrogen) atoms. The van der Waals surface area contributed by atoms with Gasteiger partial charge in [0.2, 0.25) is 0 Å². The molecular formula is C14H18N2. The molecule has 1 aliphatic carbocycles. The van der Waals surface area contributed by atoms with Gasteiger partial charge in [0, 0.05) is 19.0 Å². The Hall–Kier alpha value is -1.33. The minimum absolute atomic E-state index is 0.289. The molecule has 1 fully saturated rings. The number of nitrogens with one attached hydrogen (secondary N) is 1. The van der Waals surface area contributed by atoms with Crippen LogP contribution in [0.1, 0.15) is 37.8 Å². The maximum absolute atomic E-state index is 8.75. The quantitative estimate of drug-likeness (QED) is 0.817. The molecule has 0 amide bonds. The van der Waals surface area contributed by atoms with Gasteiger partial charge in [0.15, 0.2) is 0 Å². The molecule has 0 heterocycles. The molecule has 0 radical (unpaired) electrons. The van der Waals surface area contributed by atoms with Crippen molar-refractivity contribution in [1.82, 2.24) is 5.32 Å². The van der Waals surface area contributed by atoms with Crippen LogP contribution in [-0.4, -0.2) is 6.54 Å². The van der Waals surface area contributed by atoms with E-state index in [-0.39, 0.29) is 5.41 Å². The third-order valence-corrected chi connectivity index (χ3v) is 3.49. The van der Waals surface area contributed by atoms with Gasteiger partial charge in [0.05, 0.1) is 6.07 Å². The van der Waals surface area contributed by atoms with E-state index in [1.165, 1.54) is 18.4 Å². The summed E-state index contributed by atoms with van der Waals surface area (Å²) in [6.45, 7) is 3.15. The van der Waals surface area contributed by atoms with Crippen molar-refractivity contribution in [2.24, 2.45) is 5.41 Å². The molecule has 0 saturated heterocycles. The number of nitrogens with zero attached hydrogens (tertiary/aromatic N) is 1. The summed E-state index contributed by atoms with van der Waals surface area (Å²) >= 11 is 0. The SMILES string of the molecule is C[C@H](NCC1(CC#N)CC1)c1ccccc1. The Morgan fingerprint density at radius 3 is 2.62 bits per heavy atom. The Bertz CT molecular complexity index is 373. The number of hydrogen-bond acceptors (Lipinski definition) is 2. The lowest BCUT2D eigenvalue weighted by Gasteiger charge is -2.18. The first-order valence-corrected chi connectivity index (χ1v) is 5.91. The van der Waals surface area contributed by atoms with Gasteiger partial charge in [-0.2, -0.15) is 5.26 Å². The predicted molar refractivity (Wildman–Crippen MR) is 64.8 cm³/mol. The summed E-state index contributed by atoms with van der Waals surface area (Å²) in [5.74, 6) is 0. The standard InChI is InChI=1S/C14H18N2/c1-12(13-5-3-2-4-6-13)16-11-14(7-8-14)9-10-15/h2-6,12,16H,7-9,11H2,1H3/t12-/m0/s1. The van der Waals surface area contributed by atoms with E-state index >= 15 is 0 Å². The van der Waals surface area contributed by atoms with E-state index < -0.39 is 0 Å². The van der Waals surface area contributed by atoms with Crippen molar-refractivity contribution in [3.8, 4) is 6.07 Å². The molecule has 0 aromatic heterocycles. The van der Waals surface area contributed by atoms with Gasteiger partial charge in [0.1, 0.15) is 0 Å². The predicted octanol–water partition coefficient (Wildman–Crippen LogP) is 3.03. The second-order valence-electron chi connectivity index (χ2n) is 4.85. The smallest absolute Gasteiger partial charge is 0.0628 e. The lowest BCUT2D eigenvalue weighted by atomic mass is 10.0. The lowest BCUT2D eigenvalue weighted by molar-refractivity contribution is 0.433. The normalized spacial score (nSPS) is 18.8. The Balaban J connectivity index is 1.85. The first-order valence-electron chi connectivity index (χ1n) is 5.91. The zero-order valence-corrected chi connectivity index (χ0v) is 9.74.